The summed E-state index contributed by atoms with van der Waals surface area (Å²) in [5.74, 6) is 0.102. The third-order valence-electron chi connectivity index (χ3n) is 4.33. The zero-order valence-electron chi connectivity index (χ0n) is 16.5. The third kappa shape index (κ3) is 8.26. The number of rotatable bonds is 8. The van der Waals surface area contributed by atoms with Crippen molar-refractivity contribution in [1.29, 1.82) is 0 Å². The van der Waals surface area contributed by atoms with Crippen molar-refractivity contribution in [3.63, 3.8) is 0 Å². The number of allylic oxidation sites excluding steroid dienone is 3. The van der Waals surface area contributed by atoms with Crippen LogP contribution < -0.4 is 0 Å². The fourth-order valence-corrected chi connectivity index (χ4v) is 2.46. The van der Waals surface area contributed by atoms with Crippen LogP contribution in [0.1, 0.15) is 45.7 Å². The van der Waals surface area contributed by atoms with Crippen LogP contribution in [0, 0.1) is 19.2 Å². The van der Waals surface area contributed by atoms with Crippen LogP contribution >= 0.6 is 0 Å². The SMILES string of the molecule is CCC(=O)/C=C/c1ccc(F)cc1.Cc1ccc(CCCC(=O)C2=C[CH]2)cc1.[HH].[HH]. The van der Waals surface area contributed by atoms with Gasteiger partial charge in [-0.1, -0.05) is 61.0 Å². The summed E-state index contributed by atoms with van der Waals surface area (Å²) in [5, 5.41) is 0. The minimum atomic E-state index is -0.265. The Kier molecular flexibility index (Phi) is 8.54. The van der Waals surface area contributed by atoms with Crippen molar-refractivity contribution in [2.75, 3.05) is 0 Å². The highest BCUT2D eigenvalue weighted by Gasteiger charge is 2.16. The molecule has 149 valence electrons. The Morgan fingerprint density at radius 1 is 1.04 bits per heavy atom. The molecule has 0 spiro atoms. The number of aryl methyl sites for hydroxylation is 2. The normalized spacial score (nSPS) is 12.2. The highest BCUT2D eigenvalue weighted by Crippen LogP contribution is 2.20. The van der Waals surface area contributed by atoms with Crippen LogP contribution in [0.15, 0.2) is 66.3 Å². The zero-order valence-corrected chi connectivity index (χ0v) is 16.5. The highest BCUT2D eigenvalue weighted by molar-refractivity contribution is 6.02. The van der Waals surface area contributed by atoms with Gasteiger partial charge < -0.3 is 0 Å². The number of halogens is 1. The molecule has 3 rings (SSSR count). The Balaban J connectivity index is 0.000000531. The number of carbonyl (C=O) groups excluding carboxylic acids is 2. The van der Waals surface area contributed by atoms with Gasteiger partial charge in [0.25, 0.3) is 0 Å². The Labute approximate surface area is 169 Å². The summed E-state index contributed by atoms with van der Waals surface area (Å²) in [6, 6.07) is 14.5. The molecule has 2 aromatic carbocycles. The van der Waals surface area contributed by atoms with Crippen molar-refractivity contribution < 1.29 is 16.8 Å². The Morgan fingerprint density at radius 2 is 1.68 bits per heavy atom. The molecule has 0 heterocycles. The van der Waals surface area contributed by atoms with Crippen molar-refractivity contribution in [3.05, 3.63) is 95.2 Å². The Morgan fingerprint density at radius 3 is 2.25 bits per heavy atom. The molecule has 0 bridgehead atoms. The van der Waals surface area contributed by atoms with E-state index in [-0.39, 0.29) is 14.5 Å². The largest absolute Gasteiger partial charge is 0.295 e. The first-order valence-electron chi connectivity index (χ1n) is 9.58. The fraction of sp³-hybridized carbons (Fsp3) is 0.240. The smallest absolute Gasteiger partial charge is 0.159 e. The van der Waals surface area contributed by atoms with E-state index in [1.807, 2.05) is 12.5 Å². The van der Waals surface area contributed by atoms with E-state index in [1.165, 1.54) is 29.3 Å². The molecule has 28 heavy (non-hydrogen) atoms. The molecule has 2 nitrogen and oxygen atoms in total. The number of hydrogen-bond donors (Lipinski definition) is 0. The summed E-state index contributed by atoms with van der Waals surface area (Å²) >= 11 is 0. The summed E-state index contributed by atoms with van der Waals surface area (Å²) in [6.07, 6.45) is 10.1. The number of benzene rings is 2. The lowest BCUT2D eigenvalue weighted by atomic mass is 10.0. The molecule has 3 heteroatoms. The van der Waals surface area contributed by atoms with Crippen LogP contribution in [-0.2, 0) is 16.0 Å². The predicted molar refractivity (Wildman–Crippen MR) is 116 cm³/mol. The molecule has 1 aliphatic carbocycles. The zero-order chi connectivity index (χ0) is 20.4. The molecular weight excluding hydrogens is 351 g/mol. The average molecular weight is 382 g/mol. The first-order chi connectivity index (χ1) is 13.5. The monoisotopic (exact) mass is 381 g/mol. The number of Topliss-reactive ketones (excluding diaryl/α,β-unsaturated/α-hetero) is 1. The second-order valence-corrected chi connectivity index (χ2v) is 6.76. The molecule has 2 aromatic rings. The van der Waals surface area contributed by atoms with E-state index in [1.54, 1.807) is 25.1 Å². The Hall–Kier alpha value is -2.81. The van der Waals surface area contributed by atoms with Gasteiger partial charge in [0, 0.05) is 22.1 Å². The molecule has 0 aliphatic heterocycles. The minimum absolute atomic E-state index is 0. The average Bonchev–Trinajstić information content (AvgIpc) is 3.55. The van der Waals surface area contributed by atoms with E-state index in [0.717, 1.165) is 24.0 Å². The van der Waals surface area contributed by atoms with Crippen molar-refractivity contribution in [1.82, 2.24) is 0 Å². The molecule has 0 saturated heterocycles. The van der Waals surface area contributed by atoms with E-state index in [0.29, 0.717) is 18.6 Å². The van der Waals surface area contributed by atoms with Crippen LogP contribution in [-0.4, -0.2) is 11.6 Å². The van der Waals surface area contributed by atoms with Crippen LogP contribution in [0.3, 0.4) is 0 Å². The summed E-state index contributed by atoms with van der Waals surface area (Å²) in [7, 11) is 0. The van der Waals surface area contributed by atoms with Gasteiger partial charge in [0.15, 0.2) is 11.6 Å². The van der Waals surface area contributed by atoms with E-state index in [2.05, 4.69) is 31.2 Å². The maximum atomic E-state index is 12.5. The van der Waals surface area contributed by atoms with Crippen molar-refractivity contribution in [3.8, 4) is 0 Å². The van der Waals surface area contributed by atoms with Gasteiger partial charge >= 0.3 is 0 Å². The molecule has 1 radical (unpaired) electrons. The van der Waals surface area contributed by atoms with E-state index in [9.17, 15) is 14.0 Å². The first kappa shape index (κ1) is 21.5. The van der Waals surface area contributed by atoms with Gasteiger partial charge in [0.05, 0.1) is 0 Å². The number of carbonyl (C=O) groups is 2. The van der Waals surface area contributed by atoms with Gasteiger partial charge in [0.2, 0.25) is 0 Å². The number of ketones is 2. The van der Waals surface area contributed by atoms with Crippen molar-refractivity contribution >= 4 is 17.6 Å². The quantitative estimate of drug-likeness (QED) is 0.500. The Bertz CT molecular complexity index is 854. The van der Waals surface area contributed by atoms with Crippen LogP contribution in [0.25, 0.3) is 6.08 Å². The second-order valence-electron chi connectivity index (χ2n) is 6.76. The summed E-state index contributed by atoms with van der Waals surface area (Å²) < 4.78 is 12.5. The standard InChI is InChI=1S/C14H15O.C11H11FO.2H2/c1-11-5-7-12(8-6-11)3-2-4-14(15)13-9-10-13;1-2-11(13)8-5-9-3-6-10(12)7-4-9;;/h5-10H,2-4H2,1H3;3-8H,2H2,1H3;2*1H/b;8-5+;;. The lowest BCUT2D eigenvalue weighted by Crippen LogP contribution is -1.96. The van der Waals surface area contributed by atoms with Gasteiger partial charge in [-0.25, -0.2) is 4.39 Å². The molecular formula is C25H30FO2. The van der Waals surface area contributed by atoms with Crippen molar-refractivity contribution in [2.24, 2.45) is 0 Å². The molecule has 0 fully saturated rings. The summed E-state index contributed by atoms with van der Waals surface area (Å²) in [5.41, 5.74) is 4.36. The van der Waals surface area contributed by atoms with Crippen LogP contribution in [0.5, 0.6) is 0 Å². The molecule has 0 amide bonds. The molecule has 0 saturated carbocycles. The van der Waals surface area contributed by atoms with Gasteiger partial charge in [-0.15, -0.1) is 0 Å². The molecule has 0 N–H and O–H groups in total. The van der Waals surface area contributed by atoms with Crippen LogP contribution in [0.2, 0.25) is 0 Å². The topological polar surface area (TPSA) is 34.1 Å². The predicted octanol–water partition coefficient (Wildman–Crippen LogP) is 6.34. The van der Waals surface area contributed by atoms with E-state index in [4.69, 9.17) is 0 Å². The van der Waals surface area contributed by atoms with Gasteiger partial charge in [0.1, 0.15) is 5.82 Å². The second kappa shape index (κ2) is 11.1. The molecule has 0 unspecified atom stereocenters. The maximum Gasteiger partial charge on any atom is 0.159 e. The highest BCUT2D eigenvalue weighted by atomic mass is 19.1. The van der Waals surface area contributed by atoms with E-state index >= 15 is 0 Å². The van der Waals surface area contributed by atoms with Gasteiger partial charge in [-0.2, -0.15) is 0 Å². The third-order valence-corrected chi connectivity index (χ3v) is 4.33. The molecule has 1 aliphatic rings. The minimum Gasteiger partial charge on any atom is -0.295 e. The lowest BCUT2D eigenvalue weighted by molar-refractivity contribution is -0.115. The summed E-state index contributed by atoms with van der Waals surface area (Å²) in [4.78, 5) is 22.2. The van der Waals surface area contributed by atoms with Gasteiger partial charge in [-0.3, -0.25) is 9.59 Å². The lowest BCUT2D eigenvalue weighted by Gasteiger charge is -2.00. The van der Waals surface area contributed by atoms with Crippen LogP contribution in [0.4, 0.5) is 4.39 Å². The fourth-order valence-electron chi connectivity index (χ4n) is 2.46. The van der Waals surface area contributed by atoms with Gasteiger partial charge in [-0.05, 0) is 54.7 Å². The molecule has 0 aromatic heterocycles. The maximum absolute atomic E-state index is 12.5. The molecule has 0 atom stereocenters. The number of hydrogen-bond acceptors (Lipinski definition) is 2. The first-order valence-corrected chi connectivity index (χ1v) is 9.58. The van der Waals surface area contributed by atoms with E-state index < -0.39 is 0 Å². The van der Waals surface area contributed by atoms with Crippen molar-refractivity contribution in [2.45, 2.75) is 39.5 Å². The summed E-state index contributed by atoms with van der Waals surface area (Å²) in [6.45, 7) is 3.89.